The Morgan fingerprint density at radius 3 is 2.68 bits per heavy atom. The number of fused-ring (bicyclic) bond motifs is 3. The molecule has 5 rings (SSSR count). The second-order valence-electron chi connectivity index (χ2n) is 8.06. The Bertz CT molecular complexity index is 1530. The Labute approximate surface area is 189 Å². The van der Waals surface area contributed by atoms with Gasteiger partial charge in [-0.25, -0.2) is 9.36 Å². The SMILES string of the molecule is COc1ccc2[nH]c3c(c2c1)CC[NH2+][C@H]3c1c(O)n(-c2cccc(C(F)(F)F)c2)c(=O)[nH]c1=O. The average Bonchev–Trinajstić information content (AvgIpc) is 3.17. The summed E-state index contributed by atoms with van der Waals surface area (Å²) < 4.78 is 45.6. The van der Waals surface area contributed by atoms with Crippen molar-refractivity contribution in [2.24, 2.45) is 0 Å². The Morgan fingerprint density at radius 2 is 1.94 bits per heavy atom. The second kappa shape index (κ2) is 7.80. The number of H-pyrrole nitrogens is 2. The Morgan fingerprint density at radius 1 is 1.15 bits per heavy atom. The normalized spacial score (nSPS) is 15.9. The van der Waals surface area contributed by atoms with E-state index in [2.05, 4.69) is 9.97 Å². The number of quaternary nitrogens is 1. The largest absolute Gasteiger partial charge is 0.497 e. The maximum atomic E-state index is 13.2. The summed E-state index contributed by atoms with van der Waals surface area (Å²) in [5.74, 6) is -0.0439. The van der Waals surface area contributed by atoms with Gasteiger partial charge >= 0.3 is 11.9 Å². The predicted octanol–water partition coefficient (Wildman–Crippen LogP) is 1.95. The Balaban J connectivity index is 1.70. The van der Waals surface area contributed by atoms with Gasteiger partial charge in [0.2, 0.25) is 5.88 Å². The summed E-state index contributed by atoms with van der Waals surface area (Å²) >= 11 is 0. The summed E-state index contributed by atoms with van der Waals surface area (Å²) in [5, 5.41) is 13.8. The molecule has 11 heteroatoms. The lowest BCUT2D eigenvalue weighted by Gasteiger charge is -2.22. The maximum Gasteiger partial charge on any atom is 0.416 e. The molecule has 5 N–H and O–H groups in total. The minimum Gasteiger partial charge on any atom is -0.497 e. The molecule has 2 aromatic heterocycles. The molecule has 3 heterocycles. The van der Waals surface area contributed by atoms with Crippen LogP contribution < -0.4 is 21.3 Å². The lowest BCUT2D eigenvalue weighted by Crippen LogP contribution is -2.87. The zero-order chi connectivity index (χ0) is 24.2. The van der Waals surface area contributed by atoms with Crippen LogP contribution in [0.2, 0.25) is 0 Å². The van der Waals surface area contributed by atoms with E-state index >= 15 is 0 Å². The van der Waals surface area contributed by atoms with Gasteiger partial charge in [-0.3, -0.25) is 9.78 Å². The van der Waals surface area contributed by atoms with Gasteiger partial charge < -0.3 is 20.1 Å². The van der Waals surface area contributed by atoms with Crippen molar-refractivity contribution in [3.63, 3.8) is 0 Å². The van der Waals surface area contributed by atoms with Gasteiger partial charge in [-0.15, -0.1) is 0 Å². The minimum atomic E-state index is -4.64. The molecule has 34 heavy (non-hydrogen) atoms. The molecule has 1 atom stereocenters. The number of ether oxygens (including phenoxy) is 1. The van der Waals surface area contributed by atoms with Crippen molar-refractivity contribution in [3.05, 3.63) is 85.7 Å². The number of hydrogen-bond donors (Lipinski definition) is 4. The zero-order valence-electron chi connectivity index (χ0n) is 17.9. The predicted molar refractivity (Wildman–Crippen MR) is 117 cm³/mol. The number of halogens is 3. The van der Waals surface area contributed by atoms with E-state index in [-0.39, 0.29) is 11.3 Å². The first kappa shape index (κ1) is 21.8. The fourth-order valence-electron chi connectivity index (χ4n) is 4.56. The molecule has 0 fully saturated rings. The highest BCUT2D eigenvalue weighted by atomic mass is 19.4. The van der Waals surface area contributed by atoms with Crippen molar-refractivity contribution >= 4 is 10.9 Å². The Kier molecular flexibility index (Phi) is 5.01. The molecule has 0 spiro atoms. The smallest absolute Gasteiger partial charge is 0.416 e. The van der Waals surface area contributed by atoms with Gasteiger partial charge in [0.15, 0.2) is 6.04 Å². The Hall–Kier alpha value is -3.99. The molecule has 0 saturated carbocycles. The van der Waals surface area contributed by atoms with Crippen LogP contribution in [0.5, 0.6) is 11.6 Å². The third-order valence-electron chi connectivity index (χ3n) is 6.12. The molecule has 176 valence electrons. The first-order chi connectivity index (χ1) is 16.2. The average molecular weight is 473 g/mol. The topological polar surface area (TPSA) is 117 Å². The molecule has 0 radical (unpaired) electrons. The number of hydrogen-bond acceptors (Lipinski definition) is 4. The number of nitrogens with one attached hydrogen (secondary N) is 2. The summed E-state index contributed by atoms with van der Waals surface area (Å²) in [7, 11) is 1.56. The molecule has 0 amide bonds. The third kappa shape index (κ3) is 3.45. The van der Waals surface area contributed by atoms with Gasteiger partial charge in [0.05, 0.1) is 30.6 Å². The number of aromatic nitrogens is 3. The van der Waals surface area contributed by atoms with Gasteiger partial charge in [0.1, 0.15) is 11.3 Å². The number of benzene rings is 2. The first-order valence-corrected chi connectivity index (χ1v) is 10.5. The van der Waals surface area contributed by atoms with Crippen LogP contribution in [0, 0.1) is 0 Å². The quantitative estimate of drug-likeness (QED) is 0.364. The van der Waals surface area contributed by atoms with Crippen LogP contribution in [0.4, 0.5) is 13.2 Å². The molecule has 4 aromatic rings. The second-order valence-corrected chi connectivity index (χ2v) is 8.06. The summed E-state index contributed by atoms with van der Waals surface area (Å²) in [6.07, 6.45) is -3.96. The van der Waals surface area contributed by atoms with Crippen LogP contribution in [0.15, 0.2) is 52.1 Å². The zero-order valence-corrected chi connectivity index (χ0v) is 17.9. The van der Waals surface area contributed by atoms with E-state index < -0.39 is 34.9 Å². The molecule has 1 aliphatic rings. The van der Waals surface area contributed by atoms with Gasteiger partial charge in [-0.05, 0) is 42.0 Å². The fourth-order valence-corrected chi connectivity index (χ4v) is 4.56. The van der Waals surface area contributed by atoms with Gasteiger partial charge in [0, 0.05) is 17.3 Å². The monoisotopic (exact) mass is 473 g/mol. The van der Waals surface area contributed by atoms with Crippen LogP contribution in [-0.2, 0) is 12.6 Å². The van der Waals surface area contributed by atoms with Crippen molar-refractivity contribution in [2.45, 2.75) is 18.6 Å². The van der Waals surface area contributed by atoms with E-state index in [1.54, 1.807) is 13.2 Å². The standard InChI is InChI=1S/C23H19F3N4O4/c1-34-13-5-6-16-15(10-13)14-7-8-27-19(18(14)28-16)17-20(31)29-22(33)30(21(17)32)12-4-2-3-11(9-12)23(24,25)26/h2-6,9-10,19,27-28,32H,7-8H2,1H3,(H,29,31,33)/p+1/t19-/m0/s1. The molecule has 8 nitrogen and oxygen atoms in total. The maximum absolute atomic E-state index is 13.2. The fraction of sp³-hybridized carbons (Fsp3) is 0.217. The van der Waals surface area contributed by atoms with E-state index in [4.69, 9.17) is 4.74 Å². The van der Waals surface area contributed by atoms with E-state index in [0.29, 0.717) is 29.0 Å². The molecular formula is C23H20F3N4O4+. The first-order valence-electron chi connectivity index (χ1n) is 10.5. The highest BCUT2D eigenvalue weighted by Gasteiger charge is 2.35. The van der Waals surface area contributed by atoms with E-state index in [9.17, 15) is 27.9 Å². The molecular weight excluding hydrogens is 453 g/mol. The van der Waals surface area contributed by atoms with Crippen LogP contribution in [-0.4, -0.2) is 33.3 Å². The van der Waals surface area contributed by atoms with Crippen molar-refractivity contribution in [3.8, 4) is 17.3 Å². The van der Waals surface area contributed by atoms with E-state index in [0.717, 1.165) is 34.7 Å². The molecule has 2 aromatic carbocycles. The lowest BCUT2D eigenvalue weighted by atomic mass is 9.95. The number of aromatic amines is 2. The highest BCUT2D eigenvalue weighted by molar-refractivity contribution is 5.86. The molecule has 0 bridgehead atoms. The van der Waals surface area contributed by atoms with Gasteiger partial charge in [0.25, 0.3) is 5.56 Å². The number of nitrogens with two attached hydrogens (primary N) is 1. The number of rotatable bonds is 3. The number of nitrogens with zero attached hydrogens (tertiary/aromatic N) is 1. The molecule has 0 saturated heterocycles. The summed E-state index contributed by atoms with van der Waals surface area (Å²) in [4.78, 5) is 30.8. The van der Waals surface area contributed by atoms with Crippen LogP contribution >= 0.6 is 0 Å². The van der Waals surface area contributed by atoms with Crippen molar-refractivity contribution in [1.29, 1.82) is 0 Å². The highest BCUT2D eigenvalue weighted by Crippen LogP contribution is 2.35. The van der Waals surface area contributed by atoms with Crippen LogP contribution in [0.25, 0.3) is 16.6 Å². The number of alkyl halides is 3. The summed E-state index contributed by atoms with van der Waals surface area (Å²) in [6.45, 7) is 0.587. The molecule has 1 aliphatic heterocycles. The summed E-state index contributed by atoms with van der Waals surface area (Å²) in [6, 6.07) is 8.79. The van der Waals surface area contributed by atoms with Gasteiger partial charge in [-0.1, -0.05) is 6.07 Å². The number of methoxy groups -OCH3 is 1. The van der Waals surface area contributed by atoms with Crippen molar-refractivity contribution in [2.75, 3.05) is 13.7 Å². The van der Waals surface area contributed by atoms with E-state index in [1.165, 1.54) is 6.07 Å². The summed E-state index contributed by atoms with van der Waals surface area (Å²) in [5.41, 5.74) is -0.752. The minimum absolute atomic E-state index is 0.128. The third-order valence-corrected chi connectivity index (χ3v) is 6.12. The molecule has 0 aliphatic carbocycles. The van der Waals surface area contributed by atoms with Crippen molar-refractivity contribution in [1.82, 2.24) is 14.5 Å². The molecule has 0 unspecified atom stereocenters. The van der Waals surface area contributed by atoms with Gasteiger partial charge in [-0.2, -0.15) is 13.2 Å². The van der Waals surface area contributed by atoms with Crippen LogP contribution in [0.1, 0.15) is 28.4 Å². The van der Waals surface area contributed by atoms with Crippen molar-refractivity contribution < 1.29 is 28.3 Å². The number of aromatic hydroxyl groups is 1. The van der Waals surface area contributed by atoms with E-state index in [1.807, 2.05) is 17.4 Å². The lowest BCUT2D eigenvalue weighted by molar-refractivity contribution is -0.690. The van der Waals surface area contributed by atoms with Crippen LogP contribution in [0.3, 0.4) is 0 Å².